The lowest BCUT2D eigenvalue weighted by Crippen LogP contribution is -2.51. The Hall–Kier alpha value is -0.980. The van der Waals surface area contributed by atoms with Crippen molar-refractivity contribution in [1.82, 2.24) is 15.2 Å². The molecule has 1 aromatic heterocycles. The number of hydrogen-bond acceptors (Lipinski definition) is 5. The van der Waals surface area contributed by atoms with Crippen molar-refractivity contribution in [3.05, 3.63) is 16.1 Å². The highest BCUT2D eigenvalue weighted by molar-refractivity contribution is 7.09. The van der Waals surface area contributed by atoms with Crippen LogP contribution in [0, 0.1) is 0 Å². The van der Waals surface area contributed by atoms with Crippen LogP contribution in [0.4, 0.5) is 0 Å². The van der Waals surface area contributed by atoms with Gasteiger partial charge in [0.2, 0.25) is 0 Å². The minimum Gasteiger partial charge on any atom is -0.481 e. The van der Waals surface area contributed by atoms with Crippen LogP contribution in [0.2, 0.25) is 0 Å². The lowest BCUT2D eigenvalue weighted by molar-refractivity contribution is -0.136. The Balaban J connectivity index is 2.12. The maximum absolute atomic E-state index is 10.7. The van der Waals surface area contributed by atoms with Crippen LogP contribution in [0.25, 0.3) is 0 Å². The first kappa shape index (κ1) is 13.5. The van der Waals surface area contributed by atoms with Crippen molar-refractivity contribution < 1.29 is 9.90 Å². The predicted octanol–water partition coefficient (Wildman–Crippen LogP) is 0.911. The van der Waals surface area contributed by atoms with E-state index in [1.54, 1.807) is 11.3 Å². The SMILES string of the molecule is CC(C)(c1nc(CC(=O)O)cs1)N1CCNCC1. The van der Waals surface area contributed by atoms with Crippen LogP contribution in [0.1, 0.15) is 24.5 Å². The number of hydrogen-bond donors (Lipinski definition) is 2. The topological polar surface area (TPSA) is 65.5 Å². The standard InChI is InChI=1S/C12H19N3O2S/c1-12(2,15-5-3-13-4-6-15)11-14-9(8-18-11)7-10(16)17/h8,13H,3-7H2,1-2H3,(H,16,17). The molecule has 1 fully saturated rings. The fourth-order valence-electron chi connectivity index (χ4n) is 2.18. The summed E-state index contributed by atoms with van der Waals surface area (Å²) in [6, 6.07) is 0. The molecule has 0 atom stereocenters. The first-order valence-electron chi connectivity index (χ1n) is 6.12. The summed E-state index contributed by atoms with van der Waals surface area (Å²) in [5.74, 6) is -0.827. The quantitative estimate of drug-likeness (QED) is 0.850. The second kappa shape index (κ2) is 5.34. The molecule has 2 heterocycles. The van der Waals surface area contributed by atoms with Crippen LogP contribution < -0.4 is 5.32 Å². The molecule has 6 heteroatoms. The summed E-state index contributed by atoms with van der Waals surface area (Å²) >= 11 is 1.56. The molecule has 0 amide bonds. The van der Waals surface area contributed by atoms with Gasteiger partial charge in [-0.3, -0.25) is 9.69 Å². The van der Waals surface area contributed by atoms with Crippen molar-refractivity contribution in [2.75, 3.05) is 26.2 Å². The Morgan fingerprint density at radius 1 is 1.56 bits per heavy atom. The summed E-state index contributed by atoms with van der Waals surface area (Å²) < 4.78 is 0. The van der Waals surface area contributed by atoms with Crippen molar-refractivity contribution in [3.63, 3.8) is 0 Å². The molecule has 100 valence electrons. The molecule has 1 aliphatic heterocycles. The van der Waals surface area contributed by atoms with Crippen LogP contribution >= 0.6 is 11.3 Å². The van der Waals surface area contributed by atoms with Gasteiger partial charge in [0.25, 0.3) is 0 Å². The van der Waals surface area contributed by atoms with Crippen LogP contribution in [0.3, 0.4) is 0 Å². The molecule has 0 bridgehead atoms. The summed E-state index contributed by atoms with van der Waals surface area (Å²) in [7, 11) is 0. The van der Waals surface area contributed by atoms with E-state index in [1.807, 2.05) is 5.38 Å². The molecule has 2 N–H and O–H groups in total. The first-order valence-corrected chi connectivity index (χ1v) is 7.00. The maximum Gasteiger partial charge on any atom is 0.309 e. The highest BCUT2D eigenvalue weighted by atomic mass is 32.1. The fraction of sp³-hybridized carbons (Fsp3) is 0.667. The van der Waals surface area contributed by atoms with Gasteiger partial charge in [0.15, 0.2) is 0 Å². The highest BCUT2D eigenvalue weighted by Crippen LogP contribution is 2.30. The van der Waals surface area contributed by atoms with Gasteiger partial charge in [-0.15, -0.1) is 11.3 Å². The predicted molar refractivity (Wildman–Crippen MR) is 70.9 cm³/mol. The number of carboxylic acids is 1. The van der Waals surface area contributed by atoms with Gasteiger partial charge in [-0.2, -0.15) is 0 Å². The van der Waals surface area contributed by atoms with Crippen molar-refractivity contribution in [2.45, 2.75) is 25.8 Å². The molecule has 0 aliphatic carbocycles. The number of thiazole rings is 1. The third kappa shape index (κ3) is 2.88. The van der Waals surface area contributed by atoms with Gasteiger partial charge in [0.1, 0.15) is 5.01 Å². The Morgan fingerprint density at radius 3 is 2.83 bits per heavy atom. The van der Waals surface area contributed by atoms with E-state index >= 15 is 0 Å². The summed E-state index contributed by atoms with van der Waals surface area (Å²) in [5.41, 5.74) is 0.537. The molecule has 1 aromatic rings. The minimum absolute atomic E-state index is 0.00807. The molecule has 0 spiro atoms. The maximum atomic E-state index is 10.7. The number of carboxylic acid groups (broad SMARTS) is 1. The van der Waals surface area contributed by atoms with E-state index in [0.717, 1.165) is 31.2 Å². The number of aromatic nitrogens is 1. The van der Waals surface area contributed by atoms with Gasteiger partial charge in [0.05, 0.1) is 17.7 Å². The molecule has 1 saturated heterocycles. The molecular formula is C12H19N3O2S. The van der Waals surface area contributed by atoms with Crippen molar-refractivity contribution in [1.29, 1.82) is 0 Å². The molecule has 0 saturated carbocycles. The Kier molecular flexibility index (Phi) is 3.99. The zero-order valence-corrected chi connectivity index (χ0v) is 11.6. The second-order valence-electron chi connectivity index (χ2n) is 5.01. The molecule has 1 aliphatic rings. The summed E-state index contributed by atoms with van der Waals surface area (Å²) in [4.78, 5) is 17.5. The summed E-state index contributed by atoms with van der Waals surface area (Å²) in [6.45, 7) is 8.30. The van der Waals surface area contributed by atoms with E-state index in [9.17, 15) is 4.79 Å². The monoisotopic (exact) mass is 269 g/mol. The van der Waals surface area contributed by atoms with Crippen LogP contribution in [-0.4, -0.2) is 47.1 Å². The van der Waals surface area contributed by atoms with Gasteiger partial charge in [-0.05, 0) is 13.8 Å². The Morgan fingerprint density at radius 2 is 2.22 bits per heavy atom. The van der Waals surface area contributed by atoms with E-state index in [4.69, 9.17) is 5.11 Å². The van der Waals surface area contributed by atoms with E-state index in [0.29, 0.717) is 5.69 Å². The third-order valence-electron chi connectivity index (χ3n) is 3.32. The van der Waals surface area contributed by atoms with Crippen molar-refractivity contribution in [3.8, 4) is 0 Å². The molecule has 0 radical (unpaired) electrons. The molecule has 5 nitrogen and oxygen atoms in total. The van der Waals surface area contributed by atoms with Crippen molar-refractivity contribution >= 4 is 17.3 Å². The number of nitrogens with one attached hydrogen (secondary N) is 1. The van der Waals surface area contributed by atoms with E-state index in [1.165, 1.54) is 0 Å². The number of rotatable bonds is 4. The van der Waals surface area contributed by atoms with Gasteiger partial charge in [0, 0.05) is 31.6 Å². The summed E-state index contributed by atoms with van der Waals surface area (Å²) in [6.07, 6.45) is 0.00807. The van der Waals surface area contributed by atoms with Gasteiger partial charge < -0.3 is 10.4 Å². The van der Waals surface area contributed by atoms with E-state index < -0.39 is 5.97 Å². The second-order valence-corrected chi connectivity index (χ2v) is 5.87. The Bertz CT molecular complexity index is 425. The molecule has 0 unspecified atom stereocenters. The molecule has 2 rings (SSSR count). The van der Waals surface area contributed by atoms with Crippen LogP contribution in [0.15, 0.2) is 5.38 Å². The number of piperazine rings is 1. The van der Waals surface area contributed by atoms with Crippen LogP contribution in [0.5, 0.6) is 0 Å². The molecular weight excluding hydrogens is 250 g/mol. The number of carbonyl (C=O) groups is 1. The first-order chi connectivity index (χ1) is 8.50. The van der Waals surface area contributed by atoms with Gasteiger partial charge in [-0.25, -0.2) is 4.98 Å². The normalized spacial score (nSPS) is 17.9. The summed E-state index contributed by atoms with van der Waals surface area (Å²) in [5, 5.41) is 15.0. The lowest BCUT2D eigenvalue weighted by atomic mass is 10.0. The lowest BCUT2D eigenvalue weighted by Gasteiger charge is -2.39. The zero-order chi connectivity index (χ0) is 13.2. The third-order valence-corrected chi connectivity index (χ3v) is 4.52. The molecule has 0 aromatic carbocycles. The largest absolute Gasteiger partial charge is 0.481 e. The van der Waals surface area contributed by atoms with Gasteiger partial charge >= 0.3 is 5.97 Å². The smallest absolute Gasteiger partial charge is 0.309 e. The zero-order valence-electron chi connectivity index (χ0n) is 10.8. The van der Waals surface area contributed by atoms with Crippen molar-refractivity contribution in [2.24, 2.45) is 0 Å². The van der Waals surface area contributed by atoms with Gasteiger partial charge in [-0.1, -0.05) is 0 Å². The number of aliphatic carboxylic acids is 1. The van der Waals surface area contributed by atoms with E-state index in [2.05, 4.69) is 29.0 Å². The minimum atomic E-state index is -0.827. The average molecular weight is 269 g/mol. The highest BCUT2D eigenvalue weighted by Gasteiger charge is 2.32. The average Bonchev–Trinajstić information content (AvgIpc) is 2.78. The fourth-order valence-corrected chi connectivity index (χ4v) is 3.15. The number of nitrogens with zero attached hydrogens (tertiary/aromatic N) is 2. The van der Waals surface area contributed by atoms with Crippen LogP contribution in [-0.2, 0) is 16.8 Å². The Labute approximate surface area is 111 Å². The molecule has 18 heavy (non-hydrogen) atoms. The van der Waals surface area contributed by atoms with E-state index in [-0.39, 0.29) is 12.0 Å².